The molecule has 0 radical (unpaired) electrons. The van der Waals surface area contributed by atoms with Crippen molar-refractivity contribution in [3.05, 3.63) is 23.0 Å². The molecule has 0 fully saturated rings. The van der Waals surface area contributed by atoms with Gasteiger partial charge in [-0.05, 0) is 6.92 Å². The van der Waals surface area contributed by atoms with Crippen LogP contribution in [0.1, 0.15) is 6.92 Å². The summed E-state index contributed by atoms with van der Waals surface area (Å²) in [7, 11) is 0. The molecule has 2 aromatic heterocycles. The molecule has 90 valence electrons. The molecule has 0 aliphatic heterocycles. The van der Waals surface area contributed by atoms with Crippen molar-refractivity contribution in [2.75, 3.05) is 13.1 Å². The van der Waals surface area contributed by atoms with Crippen molar-refractivity contribution in [1.29, 1.82) is 0 Å². The zero-order valence-electron chi connectivity index (χ0n) is 9.46. The summed E-state index contributed by atoms with van der Waals surface area (Å²) in [5.74, 6) is 0. The van der Waals surface area contributed by atoms with Crippen molar-refractivity contribution >= 4 is 17.6 Å². The first-order chi connectivity index (χ1) is 8.26. The molecule has 2 rings (SSSR count). The molecule has 0 atom stereocenters. The smallest absolute Gasteiger partial charge is 0.278 e. The summed E-state index contributed by atoms with van der Waals surface area (Å²) in [6, 6.07) is 0. The molecule has 0 aliphatic rings. The fourth-order valence-corrected chi connectivity index (χ4v) is 1.58. The Labute approximate surface area is 97.1 Å². The van der Waals surface area contributed by atoms with E-state index in [-0.39, 0.29) is 5.56 Å². The number of nitrogens with one attached hydrogen (secondary N) is 1. The van der Waals surface area contributed by atoms with E-state index >= 15 is 0 Å². The number of rotatable bonds is 5. The van der Waals surface area contributed by atoms with Gasteiger partial charge in [-0.2, -0.15) is 0 Å². The third-order valence-electron chi connectivity index (χ3n) is 2.59. The first-order valence-electron chi connectivity index (χ1n) is 5.34. The monoisotopic (exact) mass is 235 g/mol. The molecule has 1 N–H and O–H groups in total. The highest BCUT2D eigenvalue weighted by Crippen LogP contribution is 2.03. The van der Waals surface area contributed by atoms with Crippen LogP contribution < -0.4 is 5.56 Å². The van der Waals surface area contributed by atoms with Crippen LogP contribution in [-0.4, -0.2) is 43.9 Å². The fourth-order valence-electron chi connectivity index (χ4n) is 1.58. The largest absolute Gasteiger partial charge is 0.344 e. The van der Waals surface area contributed by atoms with Crippen LogP contribution in [0.4, 0.5) is 0 Å². The average Bonchev–Trinajstić information content (AvgIpc) is 2.75. The van der Waals surface area contributed by atoms with Crippen LogP contribution in [-0.2, 0) is 11.3 Å². The number of imidazole rings is 1. The highest BCUT2D eigenvalue weighted by Gasteiger charge is 2.07. The molecule has 0 aromatic carbocycles. The van der Waals surface area contributed by atoms with Crippen LogP contribution in [0.15, 0.2) is 17.4 Å². The summed E-state index contributed by atoms with van der Waals surface area (Å²) < 4.78 is 1.76. The molecule has 2 heterocycles. The zero-order chi connectivity index (χ0) is 12.3. The van der Waals surface area contributed by atoms with E-state index in [2.05, 4.69) is 15.0 Å². The predicted octanol–water partition coefficient (Wildman–Crippen LogP) is -0.402. The number of hydrogen-bond donors (Lipinski definition) is 1. The Morgan fingerprint density at radius 3 is 3.06 bits per heavy atom. The number of nitrogens with zero attached hydrogens (tertiary/aromatic N) is 4. The van der Waals surface area contributed by atoms with Gasteiger partial charge in [0.25, 0.3) is 5.56 Å². The van der Waals surface area contributed by atoms with Crippen molar-refractivity contribution < 1.29 is 4.79 Å². The molecule has 17 heavy (non-hydrogen) atoms. The second kappa shape index (κ2) is 4.77. The predicted molar refractivity (Wildman–Crippen MR) is 61.5 cm³/mol. The van der Waals surface area contributed by atoms with Crippen LogP contribution in [0.5, 0.6) is 0 Å². The Morgan fingerprint density at radius 2 is 2.35 bits per heavy atom. The van der Waals surface area contributed by atoms with E-state index in [1.54, 1.807) is 15.8 Å². The third kappa shape index (κ3) is 2.17. The van der Waals surface area contributed by atoms with Gasteiger partial charge in [0, 0.05) is 19.6 Å². The van der Waals surface area contributed by atoms with Crippen LogP contribution in [0.2, 0.25) is 0 Å². The summed E-state index contributed by atoms with van der Waals surface area (Å²) in [6.07, 6.45) is 3.71. The Bertz CT molecular complexity index is 573. The second-order valence-electron chi connectivity index (χ2n) is 3.58. The van der Waals surface area contributed by atoms with Gasteiger partial charge in [0.05, 0.1) is 12.7 Å². The number of carbonyl (C=O) groups excluding carboxylic acids is 1. The summed E-state index contributed by atoms with van der Waals surface area (Å²) in [6.45, 7) is 3.70. The van der Waals surface area contributed by atoms with E-state index < -0.39 is 0 Å². The van der Waals surface area contributed by atoms with Gasteiger partial charge < -0.3 is 14.5 Å². The maximum absolute atomic E-state index is 11.4. The number of carbonyl (C=O) groups is 1. The fraction of sp³-hybridized carbons (Fsp3) is 0.400. The van der Waals surface area contributed by atoms with E-state index in [0.717, 1.165) is 6.41 Å². The molecule has 0 aliphatic carbocycles. The average molecular weight is 235 g/mol. The van der Waals surface area contributed by atoms with Gasteiger partial charge in [-0.15, -0.1) is 0 Å². The van der Waals surface area contributed by atoms with Crippen LogP contribution >= 0.6 is 0 Å². The number of amides is 1. The van der Waals surface area contributed by atoms with Crippen molar-refractivity contribution in [3.63, 3.8) is 0 Å². The van der Waals surface area contributed by atoms with Gasteiger partial charge in [0.15, 0.2) is 11.2 Å². The number of aromatic nitrogens is 4. The Balaban J connectivity index is 2.22. The lowest BCUT2D eigenvalue weighted by molar-refractivity contribution is -0.118. The van der Waals surface area contributed by atoms with Crippen molar-refractivity contribution in [2.24, 2.45) is 0 Å². The van der Waals surface area contributed by atoms with Crippen LogP contribution in [0.25, 0.3) is 11.2 Å². The minimum atomic E-state index is -0.253. The van der Waals surface area contributed by atoms with Crippen molar-refractivity contribution in [2.45, 2.75) is 13.5 Å². The number of H-pyrrole nitrogens is 1. The lowest BCUT2D eigenvalue weighted by Gasteiger charge is -2.14. The second-order valence-corrected chi connectivity index (χ2v) is 3.58. The minimum Gasteiger partial charge on any atom is -0.344 e. The lowest BCUT2D eigenvalue weighted by Crippen LogP contribution is -2.25. The third-order valence-corrected chi connectivity index (χ3v) is 2.59. The first-order valence-corrected chi connectivity index (χ1v) is 5.34. The van der Waals surface area contributed by atoms with Crippen molar-refractivity contribution in [1.82, 2.24) is 24.4 Å². The van der Waals surface area contributed by atoms with E-state index in [9.17, 15) is 9.59 Å². The van der Waals surface area contributed by atoms with Gasteiger partial charge in [0.2, 0.25) is 6.41 Å². The maximum Gasteiger partial charge on any atom is 0.278 e. The molecule has 0 saturated heterocycles. The van der Waals surface area contributed by atoms with Gasteiger partial charge in [-0.25, -0.2) is 9.97 Å². The van der Waals surface area contributed by atoms with E-state index in [4.69, 9.17) is 0 Å². The quantitative estimate of drug-likeness (QED) is 0.714. The molecule has 7 nitrogen and oxygen atoms in total. The van der Waals surface area contributed by atoms with Crippen LogP contribution in [0.3, 0.4) is 0 Å². The molecule has 0 spiro atoms. The summed E-state index contributed by atoms with van der Waals surface area (Å²) >= 11 is 0. The molecule has 7 heteroatoms. The van der Waals surface area contributed by atoms with Gasteiger partial charge >= 0.3 is 0 Å². The van der Waals surface area contributed by atoms with Gasteiger partial charge in [0.1, 0.15) is 0 Å². The SMILES string of the molecule is CCN(C=O)CCn1cnc2c(=O)[nH]cnc21. The number of fused-ring (bicyclic) bond motifs is 1. The number of aromatic amines is 1. The standard InChI is InChI=1S/C10H13N5O2/c1-2-14(7-16)3-4-15-6-13-8-9(15)11-5-12-10(8)17/h5-7H,2-4H2,1H3,(H,11,12,17). The Kier molecular flexibility index (Phi) is 3.17. The summed E-state index contributed by atoms with van der Waals surface area (Å²) in [5, 5.41) is 0. The van der Waals surface area contributed by atoms with E-state index in [1.165, 1.54) is 6.33 Å². The number of likely N-dealkylation sites (N-methyl/N-ethyl adjacent to an activating group) is 1. The van der Waals surface area contributed by atoms with Gasteiger partial charge in [-0.3, -0.25) is 9.59 Å². The Morgan fingerprint density at radius 1 is 1.53 bits per heavy atom. The topological polar surface area (TPSA) is 83.9 Å². The zero-order valence-corrected chi connectivity index (χ0v) is 9.46. The van der Waals surface area contributed by atoms with Crippen LogP contribution in [0, 0.1) is 0 Å². The van der Waals surface area contributed by atoms with E-state index in [1.807, 2.05) is 6.92 Å². The summed E-state index contributed by atoms with van der Waals surface area (Å²) in [5.41, 5.74) is 0.605. The molecule has 0 saturated carbocycles. The molecular weight excluding hydrogens is 222 g/mol. The molecule has 0 bridgehead atoms. The summed E-state index contributed by atoms with van der Waals surface area (Å²) in [4.78, 5) is 34.2. The molecule has 0 unspecified atom stereocenters. The normalized spacial score (nSPS) is 10.6. The highest BCUT2D eigenvalue weighted by molar-refractivity contribution is 5.68. The minimum absolute atomic E-state index is 0.253. The lowest BCUT2D eigenvalue weighted by atomic mass is 10.5. The Hall–Kier alpha value is -2.18. The molecular formula is C10H13N5O2. The van der Waals surface area contributed by atoms with E-state index in [0.29, 0.717) is 30.8 Å². The van der Waals surface area contributed by atoms with Gasteiger partial charge in [-0.1, -0.05) is 0 Å². The highest BCUT2D eigenvalue weighted by atomic mass is 16.1. The maximum atomic E-state index is 11.4. The number of hydrogen-bond acceptors (Lipinski definition) is 4. The molecule has 2 aromatic rings. The first kappa shape index (κ1) is 11.3. The molecule has 1 amide bonds. The van der Waals surface area contributed by atoms with Crippen molar-refractivity contribution in [3.8, 4) is 0 Å².